The number of hydrogen-bond acceptors (Lipinski definition) is 6. The van der Waals surface area contributed by atoms with Crippen LogP contribution in [0.4, 0.5) is 5.82 Å². The van der Waals surface area contributed by atoms with Crippen LogP contribution in [0.3, 0.4) is 0 Å². The molecule has 1 atom stereocenters. The number of fused-ring (bicyclic) bond motifs is 1. The molecule has 0 radical (unpaired) electrons. The molecule has 4 aromatic rings. The van der Waals surface area contributed by atoms with Gasteiger partial charge in [-0.25, -0.2) is 9.97 Å². The van der Waals surface area contributed by atoms with Gasteiger partial charge in [-0.1, -0.05) is 6.58 Å². The van der Waals surface area contributed by atoms with Gasteiger partial charge in [0, 0.05) is 48.8 Å². The number of ether oxygens (including phenoxy) is 1. The number of aromatic amines is 2. The maximum absolute atomic E-state index is 12.0. The maximum Gasteiger partial charge on any atom is 0.246 e. The van der Waals surface area contributed by atoms with E-state index in [1.807, 2.05) is 37.3 Å². The van der Waals surface area contributed by atoms with Crippen LogP contribution in [-0.2, 0) is 4.79 Å². The van der Waals surface area contributed by atoms with Crippen molar-refractivity contribution in [3.63, 3.8) is 0 Å². The molecule has 0 unspecified atom stereocenters. The number of H-pyrrole nitrogens is 2. The third-order valence-electron chi connectivity index (χ3n) is 5.73. The summed E-state index contributed by atoms with van der Waals surface area (Å²) in [5.41, 5.74) is 2.63. The van der Waals surface area contributed by atoms with Gasteiger partial charge in [0.05, 0.1) is 0 Å². The Kier molecular flexibility index (Phi) is 5.52. The van der Waals surface area contributed by atoms with Gasteiger partial charge < -0.3 is 19.9 Å². The Bertz CT molecular complexity index is 1290. The summed E-state index contributed by atoms with van der Waals surface area (Å²) >= 11 is 0. The molecular weight excluding hydrogens is 418 g/mol. The van der Waals surface area contributed by atoms with Crippen LogP contribution in [-0.4, -0.2) is 55.1 Å². The van der Waals surface area contributed by atoms with Crippen LogP contribution in [0.2, 0.25) is 0 Å². The first-order valence-corrected chi connectivity index (χ1v) is 10.9. The molecule has 1 fully saturated rings. The van der Waals surface area contributed by atoms with Gasteiger partial charge in [-0.15, -0.1) is 0 Å². The first-order chi connectivity index (χ1) is 16.1. The molecule has 168 valence electrons. The van der Waals surface area contributed by atoms with Gasteiger partial charge in [-0.2, -0.15) is 5.10 Å². The number of pyridine rings is 1. The first-order valence-electron chi connectivity index (χ1n) is 10.9. The van der Waals surface area contributed by atoms with Crippen molar-refractivity contribution in [3.8, 4) is 22.9 Å². The fraction of sp³-hybridized carbons (Fsp3) is 0.250. The third-order valence-corrected chi connectivity index (χ3v) is 5.73. The highest BCUT2D eigenvalue weighted by Crippen LogP contribution is 2.34. The minimum Gasteiger partial charge on any atom is -0.456 e. The van der Waals surface area contributed by atoms with E-state index in [1.54, 1.807) is 17.3 Å². The summed E-state index contributed by atoms with van der Waals surface area (Å²) in [6.07, 6.45) is 6.72. The second kappa shape index (κ2) is 8.78. The van der Waals surface area contributed by atoms with Gasteiger partial charge in [-0.3, -0.25) is 9.89 Å². The van der Waals surface area contributed by atoms with Crippen LogP contribution >= 0.6 is 0 Å². The molecule has 9 nitrogen and oxygen atoms in total. The van der Waals surface area contributed by atoms with Crippen LogP contribution in [0.15, 0.2) is 55.4 Å². The Labute approximate surface area is 190 Å². The van der Waals surface area contributed by atoms with Crippen LogP contribution in [0.1, 0.15) is 18.5 Å². The Morgan fingerprint density at radius 2 is 2.12 bits per heavy atom. The molecule has 33 heavy (non-hydrogen) atoms. The Hall–Kier alpha value is -4.14. The highest BCUT2D eigenvalue weighted by Gasteiger charge is 2.24. The van der Waals surface area contributed by atoms with Crippen LogP contribution in [0, 0.1) is 6.92 Å². The lowest BCUT2D eigenvalue weighted by atomic mass is 10.1. The maximum atomic E-state index is 12.0. The molecule has 1 aliphatic rings. The molecule has 0 aliphatic carbocycles. The van der Waals surface area contributed by atoms with E-state index in [-0.39, 0.29) is 11.9 Å². The van der Waals surface area contributed by atoms with Gasteiger partial charge in [0.2, 0.25) is 5.91 Å². The number of nitrogens with one attached hydrogen (secondary N) is 3. The van der Waals surface area contributed by atoms with Crippen molar-refractivity contribution in [2.75, 3.05) is 18.4 Å². The SMILES string of the molecule is C=CC(=O)N1CCC[C@@H](Nc2n[nH]c3nccc(Oc4ccc(-c5ncc(C)[nH]5)cc4)c23)C1. The number of benzene rings is 1. The summed E-state index contributed by atoms with van der Waals surface area (Å²) < 4.78 is 6.20. The third kappa shape index (κ3) is 4.30. The normalized spacial score (nSPS) is 16.0. The average molecular weight is 444 g/mol. The van der Waals surface area contributed by atoms with E-state index in [1.165, 1.54) is 6.08 Å². The molecule has 9 heteroatoms. The molecule has 0 bridgehead atoms. The molecule has 1 aliphatic heterocycles. The lowest BCUT2D eigenvalue weighted by Crippen LogP contribution is -2.44. The van der Waals surface area contributed by atoms with E-state index >= 15 is 0 Å². The Balaban J connectivity index is 1.37. The highest BCUT2D eigenvalue weighted by molar-refractivity contribution is 5.93. The minimum absolute atomic E-state index is 0.0489. The van der Waals surface area contributed by atoms with Crippen molar-refractivity contribution in [2.45, 2.75) is 25.8 Å². The van der Waals surface area contributed by atoms with Crippen LogP contribution in [0.25, 0.3) is 22.4 Å². The average Bonchev–Trinajstić information content (AvgIpc) is 3.46. The molecule has 5 rings (SSSR count). The number of carbonyl (C=O) groups is 1. The van der Waals surface area contributed by atoms with Crippen molar-refractivity contribution in [1.82, 2.24) is 30.0 Å². The van der Waals surface area contributed by atoms with Crippen molar-refractivity contribution < 1.29 is 9.53 Å². The smallest absolute Gasteiger partial charge is 0.246 e. The van der Waals surface area contributed by atoms with Gasteiger partial charge in [0.25, 0.3) is 0 Å². The number of aryl methyl sites for hydroxylation is 1. The van der Waals surface area contributed by atoms with Gasteiger partial charge >= 0.3 is 0 Å². The molecular formula is C24H25N7O2. The van der Waals surface area contributed by atoms with Gasteiger partial charge in [-0.05, 0) is 50.1 Å². The highest BCUT2D eigenvalue weighted by atomic mass is 16.5. The largest absolute Gasteiger partial charge is 0.456 e. The minimum atomic E-state index is -0.0489. The van der Waals surface area contributed by atoms with Crippen molar-refractivity contribution in [2.24, 2.45) is 0 Å². The van der Waals surface area contributed by atoms with Gasteiger partial charge in [0.15, 0.2) is 11.5 Å². The van der Waals surface area contributed by atoms with Crippen LogP contribution in [0.5, 0.6) is 11.5 Å². The zero-order valence-electron chi connectivity index (χ0n) is 18.3. The molecule has 1 amide bonds. The van der Waals surface area contributed by atoms with Crippen LogP contribution < -0.4 is 10.1 Å². The molecule has 1 saturated heterocycles. The number of nitrogens with zero attached hydrogens (tertiary/aromatic N) is 4. The zero-order chi connectivity index (χ0) is 22.8. The second-order valence-corrected chi connectivity index (χ2v) is 8.12. The van der Waals surface area contributed by atoms with E-state index in [0.717, 1.165) is 41.9 Å². The van der Waals surface area contributed by atoms with E-state index in [0.29, 0.717) is 29.5 Å². The molecule has 0 saturated carbocycles. The molecule has 3 N–H and O–H groups in total. The summed E-state index contributed by atoms with van der Waals surface area (Å²) in [6.45, 7) is 6.91. The number of carbonyl (C=O) groups excluding carboxylic acids is 1. The lowest BCUT2D eigenvalue weighted by molar-refractivity contribution is -0.127. The number of amides is 1. The van der Waals surface area contributed by atoms with E-state index in [2.05, 4.69) is 37.0 Å². The quantitative estimate of drug-likeness (QED) is 0.388. The summed E-state index contributed by atoms with van der Waals surface area (Å²) in [5, 5.41) is 11.6. The summed E-state index contributed by atoms with van der Waals surface area (Å²) in [5.74, 6) is 2.78. The predicted molar refractivity (Wildman–Crippen MR) is 126 cm³/mol. The number of anilines is 1. The zero-order valence-corrected chi connectivity index (χ0v) is 18.3. The van der Waals surface area contributed by atoms with E-state index in [4.69, 9.17) is 4.74 Å². The molecule has 4 heterocycles. The first kappa shape index (κ1) is 20.7. The number of rotatable bonds is 6. The fourth-order valence-corrected chi connectivity index (χ4v) is 4.10. The predicted octanol–water partition coefficient (Wildman–Crippen LogP) is 4.04. The number of piperidine rings is 1. The summed E-state index contributed by atoms with van der Waals surface area (Å²) in [6, 6.07) is 9.65. The Morgan fingerprint density at radius 3 is 2.88 bits per heavy atom. The number of aromatic nitrogens is 5. The molecule has 1 aromatic carbocycles. The summed E-state index contributed by atoms with van der Waals surface area (Å²) in [7, 11) is 0. The molecule has 3 aromatic heterocycles. The second-order valence-electron chi connectivity index (χ2n) is 8.12. The standard InChI is InChI=1S/C24H25N7O2/c1-3-20(32)31-12-4-5-17(14-31)28-24-21-19(10-11-25-23(21)29-30-24)33-18-8-6-16(7-9-18)22-26-13-15(2)27-22/h3,6-11,13,17H,1,4-5,12,14H2,2H3,(H,26,27)(H2,25,28,29,30)/t17-/m1/s1. The number of hydrogen-bond donors (Lipinski definition) is 3. The van der Waals surface area contributed by atoms with Gasteiger partial charge in [0.1, 0.15) is 22.7 Å². The monoisotopic (exact) mass is 443 g/mol. The summed E-state index contributed by atoms with van der Waals surface area (Å²) in [4.78, 5) is 25.8. The van der Waals surface area contributed by atoms with E-state index in [9.17, 15) is 4.79 Å². The van der Waals surface area contributed by atoms with Crippen molar-refractivity contribution in [1.29, 1.82) is 0 Å². The van der Waals surface area contributed by atoms with Crippen molar-refractivity contribution in [3.05, 3.63) is 61.1 Å². The fourth-order valence-electron chi connectivity index (χ4n) is 4.10. The molecule has 0 spiro atoms. The van der Waals surface area contributed by atoms with Crippen molar-refractivity contribution >= 4 is 22.8 Å². The topological polar surface area (TPSA) is 112 Å². The van der Waals surface area contributed by atoms with E-state index < -0.39 is 0 Å². The lowest BCUT2D eigenvalue weighted by Gasteiger charge is -2.32. The Morgan fingerprint density at radius 1 is 1.27 bits per heavy atom. The number of likely N-dealkylation sites (tertiary alicyclic amines) is 1. The number of imidazole rings is 1.